The van der Waals surface area contributed by atoms with Gasteiger partial charge in [0, 0.05) is 0 Å². The van der Waals surface area contributed by atoms with Crippen molar-refractivity contribution in [2.75, 3.05) is 0 Å². The molecule has 2 saturated carbocycles. The van der Waals surface area contributed by atoms with E-state index in [0.29, 0.717) is 11.2 Å². The molecule has 2 aliphatic carbocycles. The number of aromatic amines is 1. The van der Waals surface area contributed by atoms with Gasteiger partial charge in [-0.3, -0.25) is 4.52 Å². The van der Waals surface area contributed by atoms with Gasteiger partial charge in [0.2, 0.25) is 5.79 Å². The van der Waals surface area contributed by atoms with Gasteiger partial charge in [-0.25, -0.2) is 19.5 Å². The predicted molar refractivity (Wildman–Crippen MR) is 70.2 cm³/mol. The minimum atomic E-state index is -4.84. The normalized spacial score (nSPS) is 33.1. The third-order valence-corrected chi connectivity index (χ3v) is 5.03. The minimum Gasteiger partial charge on any atom is -0.363 e. The van der Waals surface area contributed by atoms with E-state index in [-0.39, 0.29) is 24.6 Å². The molecule has 2 aromatic heterocycles. The smallest absolute Gasteiger partial charge is 0.363 e. The van der Waals surface area contributed by atoms with E-state index in [1.165, 1.54) is 12.5 Å². The van der Waals surface area contributed by atoms with E-state index in [1.807, 2.05) is 0 Å². The van der Waals surface area contributed by atoms with Crippen molar-refractivity contribution in [3.05, 3.63) is 18.3 Å². The summed E-state index contributed by atoms with van der Waals surface area (Å²) in [5.41, 5.74) is -0.679. The Morgan fingerprint density at radius 1 is 1.36 bits per heavy atom. The number of hydrogen-bond acceptors (Lipinski definition) is 7. The van der Waals surface area contributed by atoms with E-state index >= 15 is 0 Å². The van der Waals surface area contributed by atoms with Crippen LogP contribution in [0.25, 0.3) is 11.2 Å². The van der Waals surface area contributed by atoms with Crippen LogP contribution < -0.4 is 0 Å². The van der Waals surface area contributed by atoms with Gasteiger partial charge in [0.05, 0.1) is 18.4 Å². The molecule has 0 spiro atoms. The van der Waals surface area contributed by atoms with Crippen LogP contribution in [0.15, 0.2) is 12.5 Å². The van der Waals surface area contributed by atoms with Crippen LogP contribution in [0.4, 0.5) is 0 Å². The van der Waals surface area contributed by atoms with Gasteiger partial charge in [0.25, 0.3) is 0 Å². The first-order valence-corrected chi connectivity index (χ1v) is 8.13. The molecular weight excluding hydrogens is 315 g/mol. The van der Waals surface area contributed by atoms with Crippen molar-refractivity contribution in [3.63, 3.8) is 0 Å². The fraction of sp³-hybridized carbons (Fsp3) is 0.545. The first-order valence-electron chi connectivity index (χ1n) is 6.60. The molecule has 2 aromatic rings. The van der Waals surface area contributed by atoms with Crippen LogP contribution in [0.3, 0.4) is 0 Å². The van der Waals surface area contributed by atoms with E-state index < -0.39 is 25.1 Å². The van der Waals surface area contributed by atoms with Gasteiger partial charge in [0.15, 0.2) is 5.65 Å². The molecule has 0 aliphatic heterocycles. The lowest BCUT2D eigenvalue weighted by molar-refractivity contribution is -0.235. The van der Waals surface area contributed by atoms with Crippen molar-refractivity contribution in [1.82, 2.24) is 19.9 Å². The Morgan fingerprint density at radius 3 is 2.86 bits per heavy atom. The maximum absolute atomic E-state index is 11.1. The van der Waals surface area contributed by atoms with Crippen LogP contribution in [0.5, 0.6) is 0 Å². The molecular formula is C11H13N4O6P. The number of aliphatic hydroxyl groups is 2. The van der Waals surface area contributed by atoms with E-state index in [0.717, 1.165) is 0 Å². The molecule has 10 nitrogen and oxygen atoms in total. The SMILES string of the molecule is O=P(O)(O)OC12CC1CC(c1ncc3[nH]cnc3n1)C2(O)O. The molecule has 3 atom stereocenters. The maximum Gasteiger partial charge on any atom is 0.470 e. The van der Waals surface area contributed by atoms with Crippen LogP contribution in [-0.4, -0.2) is 51.3 Å². The van der Waals surface area contributed by atoms with Crippen LogP contribution in [0.2, 0.25) is 0 Å². The summed E-state index contributed by atoms with van der Waals surface area (Å²) < 4.78 is 15.8. The van der Waals surface area contributed by atoms with Crippen molar-refractivity contribution in [2.24, 2.45) is 5.92 Å². The molecule has 5 N–H and O–H groups in total. The summed E-state index contributed by atoms with van der Waals surface area (Å²) >= 11 is 0. The number of phosphoric ester groups is 1. The molecule has 11 heteroatoms. The molecule has 2 fully saturated rings. The molecule has 0 bridgehead atoms. The third-order valence-electron chi connectivity index (χ3n) is 4.47. The zero-order valence-corrected chi connectivity index (χ0v) is 12.0. The highest BCUT2D eigenvalue weighted by molar-refractivity contribution is 7.46. The molecule has 4 rings (SSSR count). The van der Waals surface area contributed by atoms with Gasteiger partial charge < -0.3 is 25.0 Å². The van der Waals surface area contributed by atoms with Gasteiger partial charge in [-0.05, 0) is 18.8 Å². The molecule has 118 valence electrons. The summed E-state index contributed by atoms with van der Waals surface area (Å²) in [6.45, 7) is 0. The monoisotopic (exact) mass is 328 g/mol. The summed E-state index contributed by atoms with van der Waals surface area (Å²) in [5.74, 6) is -3.56. The van der Waals surface area contributed by atoms with Gasteiger partial charge in [0.1, 0.15) is 16.9 Å². The van der Waals surface area contributed by atoms with Gasteiger partial charge in [-0.15, -0.1) is 0 Å². The summed E-state index contributed by atoms with van der Waals surface area (Å²) in [6.07, 6.45) is 3.36. The number of nitrogens with one attached hydrogen (secondary N) is 1. The number of hydrogen-bond donors (Lipinski definition) is 5. The maximum atomic E-state index is 11.1. The van der Waals surface area contributed by atoms with Gasteiger partial charge in [-0.2, -0.15) is 0 Å². The Morgan fingerprint density at radius 2 is 2.14 bits per heavy atom. The van der Waals surface area contributed by atoms with E-state index in [9.17, 15) is 14.8 Å². The summed E-state index contributed by atoms with van der Waals surface area (Å²) in [6, 6.07) is 0. The first-order chi connectivity index (χ1) is 10.2. The molecule has 0 radical (unpaired) electrons. The second-order valence-electron chi connectivity index (χ2n) is 5.75. The molecule has 2 heterocycles. The number of imidazole rings is 1. The van der Waals surface area contributed by atoms with Crippen molar-refractivity contribution in [3.8, 4) is 0 Å². The summed E-state index contributed by atoms with van der Waals surface area (Å²) in [7, 11) is -4.84. The Hall–Kier alpha value is -1.42. The van der Waals surface area contributed by atoms with Crippen molar-refractivity contribution < 1.29 is 29.1 Å². The van der Waals surface area contributed by atoms with Gasteiger partial charge >= 0.3 is 7.82 Å². The number of aromatic nitrogens is 4. The summed E-state index contributed by atoms with van der Waals surface area (Å²) in [4.78, 5) is 33.1. The minimum absolute atomic E-state index is 0.158. The average molecular weight is 328 g/mol. The Balaban J connectivity index is 1.71. The van der Waals surface area contributed by atoms with Crippen LogP contribution in [-0.2, 0) is 9.09 Å². The fourth-order valence-electron chi connectivity index (χ4n) is 3.37. The number of phosphoric acid groups is 1. The van der Waals surface area contributed by atoms with Crippen molar-refractivity contribution in [2.45, 2.75) is 30.1 Å². The van der Waals surface area contributed by atoms with Crippen LogP contribution in [0.1, 0.15) is 24.6 Å². The summed E-state index contributed by atoms with van der Waals surface area (Å²) in [5, 5.41) is 20.9. The molecule has 0 amide bonds. The highest BCUT2D eigenvalue weighted by Crippen LogP contribution is 2.70. The fourth-order valence-corrected chi connectivity index (χ4v) is 4.15. The number of rotatable bonds is 3. The first kappa shape index (κ1) is 14.2. The topological polar surface area (TPSA) is 162 Å². The lowest BCUT2D eigenvalue weighted by Gasteiger charge is -2.32. The van der Waals surface area contributed by atoms with Crippen molar-refractivity contribution in [1.29, 1.82) is 0 Å². The van der Waals surface area contributed by atoms with Crippen LogP contribution >= 0.6 is 7.82 Å². The van der Waals surface area contributed by atoms with Gasteiger partial charge in [-0.1, -0.05) is 0 Å². The van der Waals surface area contributed by atoms with E-state index in [4.69, 9.17) is 9.79 Å². The van der Waals surface area contributed by atoms with E-state index in [2.05, 4.69) is 24.5 Å². The molecule has 0 saturated heterocycles. The second-order valence-corrected chi connectivity index (χ2v) is 6.92. The average Bonchev–Trinajstić information content (AvgIpc) is 2.82. The molecule has 0 aromatic carbocycles. The Kier molecular flexibility index (Phi) is 2.65. The largest absolute Gasteiger partial charge is 0.470 e. The molecule has 22 heavy (non-hydrogen) atoms. The standard InChI is InChI=1S/C11H13N4O6P/c16-11(17)6(1-5-2-10(5,11)21-22(18,19)20)8-12-3-7-9(15-8)14-4-13-7/h3-6,16-17H,1-2H2,(H2,18,19,20)(H,12,13,14,15). The molecule has 3 unspecified atom stereocenters. The zero-order chi connectivity index (χ0) is 15.8. The lowest BCUT2D eigenvalue weighted by Crippen LogP contribution is -2.47. The quantitative estimate of drug-likeness (QED) is 0.365. The number of H-pyrrole nitrogens is 1. The number of nitrogens with zero attached hydrogens (tertiary/aromatic N) is 3. The van der Waals surface area contributed by atoms with Crippen molar-refractivity contribution >= 4 is 19.0 Å². The Bertz CT molecular complexity index is 803. The predicted octanol–water partition coefficient (Wildman–Crippen LogP) is -0.611. The second kappa shape index (κ2) is 4.10. The molecule has 2 aliphatic rings. The zero-order valence-electron chi connectivity index (χ0n) is 11.1. The third kappa shape index (κ3) is 1.86. The lowest BCUT2D eigenvalue weighted by atomic mass is 9.95. The number of fused-ring (bicyclic) bond motifs is 2. The highest BCUT2D eigenvalue weighted by atomic mass is 31.2. The Labute approximate surface area is 123 Å². The highest BCUT2D eigenvalue weighted by Gasteiger charge is 2.78. The van der Waals surface area contributed by atoms with Crippen LogP contribution in [0, 0.1) is 5.92 Å². The van der Waals surface area contributed by atoms with E-state index in [1.54, 1.807) is 0 Å².